The van der Waals surface area contributed by atoms with E-state index >= 15 is 0 Å². The summed E-state index contributed by atoms with van der Waals surface area (Å²) in [7, 11) is -3.96. The first-order valence-electron chi connectivity index (χ1n) is 6.34. The summed E-state index contributed by atoms with van der Waals surface area (Å²) in [5.74, 6) is -1.33. The minimum absolute atomic E-state index is 0.324. The second kappa shape index (κ2) is 5.24. The topological polar surface area (TPSA) is 112 Å². The van der Waals surface area contributed by atoms with Gasteiger partial charge in [-0.15, -0.1) is 11.3 Å². The number of hydrogen-bond acceptors (Lipinski definition) is 5. The first kappa shape index (κ1) is 14.2. The van der Waals surface area contributed by atoms with Crippen molar-refractivity contribution in [3.05, 3.63) is 33.6 Å². The van der Waals surface area contributed by atoms with Crippen molar-refractivity contribution in [2.45, 2.75) is 30.3 Å². The van der Waals surface area contributed by atoms with E-state index in [9.17, 15) is 13.2 Å². The van der Waals surface area contributed by atoms with Crippen LogP contribution in [0.15, 0.2) is 22.7 Å². The third kappa shape index (κ3) is 2.59. The molecule has 3 rings (SSSR count). The van der Waals surface area contributed by atoms with Crippen LogP contribution in [-0.2, 0) is 16.4 Å². The number of nitrogens with zero attached hydrogens (tertiary/aromatic N) is 1. The number of aromatic amines is 1. The van der Waals surface area contributed by atoms with E-state index in [0.717, 1.165) is 24.6 Å². The highest BCUT2D eigenvalue weighted by Crippen LogP contribution is 2.34. The third-order valence-corrected chi connectivity index (χ3v) is 5.89. The fourth-order valence-electron chi connectivity index (χ4n) is 2.49. The average molecular weight is 327 g/mol. The van der Waals surface area contributed by atoms with Crippen LogP contribution < -0.4 is 4.72 Å². The first-order chi connectivity index (χ1) is 9.99. The summed E-state index contributed by atoms with van der Waals surface area (Å²) >= 11 is 1.61. The van der Waals surface area contributed by atoms with E-state index in [0.29, 0.717) is 6.42 Å². The number of carbonyl (C=O) groups is 1. The van der Waals surface area contributed by atoms with E-state index < -0.39 is 21.0 Å². The van der Waals surface area contributed by atoms with Crippen LogP contribution in [0.3, 0.4) is 0 Å². The smallest absolute Gasteiger partial charge is 0.340 e. The van der Waals surface area contributed by atoms with Crippen LogP contribution in [0.2, 0.25) is 0 Å². The summed E-state index contributed by atoms with van der Waals surface area (Å²) in [6.45, 7) is 0. The Bertz CT molecular complexity index is 778. The Labute approximate surface area is 125 Å². The largest absolute Gasteiger partial charge is 0.478 e. The van der Waals surface area contributed by atoms with Crippen LogP contribution in [0, 0.1) is 0 Å². The van der Waals surface area contributed by atoms with Crippen molar-refractivity contribution in [3.63, 3.8) is 0 Å². The zero-order valence-electron chi connectivity index (χ0n) is 10.9. The molecule has 0 radical (unpaired) electrons. The van der Waals surface area contributed by atoms with Gasteiger partial charge in [-0.1, -0.05) is 0 Å². The summed E-state index contributed by atoms with van der Waals surface area (Å²) < 4.78 is 27.3. The van der Waals surface area contributed by atoms with E-state index in [2.05, 4.69) is 14.9 Å². The minimum atomic E-state index is -3.96. The Balaban J connectivity index is 1.91. The molecule has 2 aromatic rings. The number of sulfonamides is 1. The normalized spacial score (nSPS) is 18.4. The van der Waals surface area contributed by atoms with Gasteiger partial charge in [0.1, 0.15) is 5.56 Å². The molecule has 0 aliphatic heterocycles. The maximum absolute atomic E-state index is 12.4. The Kier molecular flexibility index (Phi) is 3.56. The molecule has 1 aliphatic rings. The van der Waals surface area contributed by atoms with E-state index in [4.69, 9.17) is 5.11 Å². The number of nitrogens with one attached hydrogen (secondary N) is 2. The Morgan fingerprint density at radius 1 is 1.52 bits per heavy atom. The number of aryl methyl sites for hydroxylation is 1. The van der Waals surface area contributed by atoms with E-state index in [1.807, 2.05) is 11.4 Å². The lowest BCUT2D eigenvalue weighted by Crippen LogP contribution is -2.31. The number of fused-ring (bicyclic) bond motifs is 1. The molecule has 0 spiro atoms. The highest BCUT2D eigenvalue weighted by Gasteiger charge is 2.30. The molecule has 0 bridgehead atoms. The highest BCUT2D eigenvalue weighted by atomic mass is 32.2. The van der Waals surface area contributed by atoms with Crippen LogP contribution in [-0.4, -0.2) is 29.7 Å². The third-order valence-electron chi connectivity index (χ3n) is 3.45. The molecule has 1 atom stereocenters. The van der Waals surface area contributed by atoms with Gasteiger partial charge in [0, 0.05) is 10.9 Å². The lowest BCUT2D eigenvalue weighted by molar-refractivity contribution is 0.0692. The summed E-state index contributed by atoms with van der Waals surface area (Å²) in [6, 6.07) is 1.59. The standard InChI is InChI=1S/C12H13N3O4S2/c16-12(17)8-6-13-14-11(8)21(18,19)15-9-2-1-3-10-7(9)4-5-20-10/h4-6,9,15H,1-3H2,(H,13,14)(H,16,17). The first-order valence-corrected chi connectivity index (χ1v) is 8.70. The monoisotopic (exact) mass is 327 g/mol. The second-order valence-corrected chi connectivity index (χ2v) is 7.43. The number of H-pyrrole nitrogens is 1. The van der Waals surface area contributed by atoms with Gasteiger partial charge >= 0.3 is 5.97 Å². The molecule has 1 unspecified atom stereocenters. The molecule has 9 heteroatoms. The summed E-state index contributed by atoms with van der Waals surface area (Å²) in [5.41, 5.74) is 0.620. The van der Waals surface area contributed by atoms with Crippen LogP contribution in [0.5, 0.6) is 0 Å². The van der Waals surface area contributed by atoms with E-state index in [1.54, 1.807) is 11.3 Å². The van der Waals surface area contributed by atoms with Gasteiger partial charge in [0.15, 0.2) is 5.03 Å². The molecule has 2 heterocycles. The Hall–Kier alpha value is -1.71. The van der Waals surface area contributed by atoms with Crippen molar-refractivity contribution in [3.8, 4) is 0 Å². The lowest BCUT2D eigenvalue weighted by Gasteiger charge is -2.23. The maximum Gasteiger partial charge on any atom is 0.340 e. The number of hydrogen-bond donors (Lipinski definition) is 3. The van der Waals surface area contributed by atoms with Crippen LogP contribution in [0.1, 0.15) is 39.7 Å². The zero-order chi connectivity index (χ0) is 15.0. The number of aromatic nitrogens is 2. The quantitative estimate of drug-likeness (QED) is 0.788. The fraction of sp³-hybridized carbons (Fsp3) is 0.333. The van der Waals surface area contributed by atoms with Gasteiger partial charge in [0.25, 0.3) is 10.0 Å². The molecule has 0 aromatic carbocycles. The number of carboxylic acids is 1. The predicted octanol–water partition coefficient (Wildman–Crippen LogP) is 1.53. The molecule has 0 amide bonds. The SMILES string of the molecule is O=C(O)c1cn[nH]c1S(=O)(=O)NC1CCCc2sccc21. The lowest BCUT2D eigenvalue weighted by atomic mass is 9.95. The summed E-state index contributed by atoms with van der Waals surface area (Å²) in [5, 5.41) is 16.3. The fourth-order valence-corrected chi connectivity index (χ4v) is 4.81. The summed E-state index contributed by atoms with van der Waals surface area (Å²) in [6.07, 6.45) is 3.54. The second-order valence-electron chi connectivity index (χ2n) is 4.78. The molecule has 7 nitrogen and oxygen atoms in total. The molecule has 21 heavy (non-hydrogen) atoms. The molecule has 2 aromatic heterocycles. The molecular weight excluding hydrogens is 314 g/mol. The van der Waals surface area contributed by atoms with Crippen molar-refractivity contribution >= 4 is 27.3 Å². The van der Waals surface area contributed by atoms with Crippen LogP contribution >= 0.6 is 11.3 Å². The highest BCUT2D eigenvalue weighted by molar-refractivity contribution is 7.89. The van der Waals surface area contributed by atoms with Gasteiger partial charge in [-0.05, 0) is 36.3 Å². The van der Waals surface area contributed by atoms with Gasteiger partial charge in [0.2, 0.25) is 0 Å². The molecule has 0 saturated heterocycles. The van der Waals surface area contributed by atoms with Crippen molar-refractivity contribution in [1.82, 2.24) is 14.9 Å². The van der Waals surface area contributed by atoms with Gasteiger partial charge in [0.05, 0.1) is 6.20 Å². The van der Waals surface area contributed by atoms with Crippen molar-refractivity contribution in [1.29, 1.82) is 0 Å². The maximum atomic E-state index is 12.4. The van der Waals surface area contributed by atoms with Gasteiger partial charge in [-0.25, -0.2) is 17.9 Å². The van der Waals surface area contributed by atoms with Crippen LogP contribution in [0.25, 0.3) is 0 Å². The van der Waals surface area contributed by atoms with Gasteiger partial charge in [-0.2, -0.15) is 5.10 Å². The van der Waals surface area contributed by atoms with Gasteiger partial charge in [-0.3, -0.25) is 5.10 Å². The van der Waals surface area contributed by atoms with Crippen molar-refractivity contribution in [2.24, 2.45) is 0 Å². The molecule has 112 valence electrons. The van der Waals surface area contributed by atoms with E-state index in [1.165, 1.54) is 4.88 Å². The molecular formula is C12H13N3O4S2. The number of aromatic carboxylic acids is 1. The summed E-state index contributed by atoms with van der Waals surface area (Å²) in [4.78, 5) is 12.2. The van der Waals surface area contributed by atoms with Gasteiger partial charge < -0.3 is 5.11 Å². The molecule has 3 N–H and O–H groups in total. The average Bonchev–Trinajstić information content (AvgIpc) is 3.08. The van der Waals surface area contributed by atoms with Crippen molar-refractivity contribution < 1.29 is 18.3 Å². The predicted molar refractivity (Wildman–Crippen MR) is 75.9 cm³/mol. The molecule has 0 fully saturated rings. The molecule has 1 aliphatic carbocycles. The van der Waals surface area contributed by atoms with Crippen molar-refractivity contribution in [2.75, 3.05) is 0 Å². The van der Waals surface area contributed by atoms with E-state index in [-0.39, 0.29) is 11.6 Å². The number of thiophene rings is 1. The number of carboxylic acid groups (broad SMARTS) is 1. The minimum Gasteiger partial charge on any atom is -0.478 e. The Morgan fingerprint density at radius 3 is 3.10 bits per heavy atom. The zero-order valence-corrected chi connectivity index (χ0v) is 12.5. The Morgan fingerprint density at radius 2 is 2.33 bits per heavy atom. The number of rotatable bonds is 4. The molecule has 0 saturated carbocycles. The van der Waals surface area contributed by atoms with Crippen LogP contribution in [0.4, 0.5) is 0 Å².